The summed E-state index contributed by atoms with van der Waals surface area (Å²) in [6.45, 7) is -0.816. The number of ether oxygens (including phenoxy) is 1. The second kappa shape index (κ2) is 7.38. The van der Waals surface area contributed by atoms with Crippen molar-refractivity contribution in [1.82, 2.24) is 19.5 Å². The first kappa shape index (κ1) is 21.9. The quantitative estimate of drug-likeness (QED) is 0.318. The van der Waals surface area contributed by atoms with Crippen LogP contribution >= 0.6 is 23.5 Å². The van der Waals surface area contributed by atoms with Gasteiger partial charge in [-0.2, -0.15) is 12.9 Å². The molecular weight excluding hydrogens is 475 g/mol. The summed E-state index contributed by atoms with van der Waals surface area (Å²) >= 11 is 0. The molecule has 0 aliphatic carbocycles. The zero-order valence-corrected chi connectivity index (χ0v) is 17.1. The minimum Gasteiger partial charge on any atom is -0.387 e. The first-order valence-electron chi connectivity index (χ1n) is 7.88. The van der Waals surface area contributed by atoms with Crippen LogP contribution in [0, 0.1) is 0 Å². The van der Waals surface area contributed by atoms with Crippen molar-refractivity contribution in [2.45, 2.75) is 24.5 Å². The van der Waals surface area contributed by atoms with E-state index in [0.717, 1.165) is 6.33 Å². The van der Waals surface area contributed by atoms with Gasteiger partial charge in [-0.3, -0.25) is 9.09 Å². The van der Waals surface area contributed by atoms with Gasteiger partial charge in [-0.25, -0.2) is 28.6 Å². The first-order valence-corrected chi connectivity index (χ1v) is 12.3. The van der Waals surface area contributed by atoms with Crippen LogP contribution in [0.15, 0.2) is 12.7 Å². The second-order valence-electron chi connectivity index (χ2n) is 6.05. The molecule has 166 valence electrons. The summed E-state index contributed by atoms with van der Waals surface area (Å²) in [6.07, 6.45) is -3.28. The highest BCUT2D eigenvalue weighted by Gasteiger charge is 2.58. The Kier molecular flexibility index (Phi) is 5.38. The van der Waals surface area contributed by atoms with Gasteiger partial charge in [-0.1, -0.05) is 0 Å². The first-order chi connectivity index (χ1) is 13.9. The average molecular weight is 489 g/mol. The van der Waals surface area contributed by atoms with Crippen LogP contribution in [0.4, 0.5) is 5.82 Å². The van der Waals surface area contributed by atoms with Gasteiger partial charge in [0.25, 0.3) is 0 Å². The predicted octanol–water partition coefficient (Wildman–Crippen LogP) is -0.583. The van der Waals surface area contributed by atoms with Crippen LogP contribution in [0.2, 0.25) is 0 Å². The maximum absolute atomic E-state index is 11.9. The molecule has 0 radical (unpaired) electrons. The lowest BCUT2D eigenvalue weighted by atomic mass is 10.1. The van der Waals surface area contributed by atoms with Crippen LogP contribution in [0.25, 0.3) is 11.2 Å². The fourth-order valence-electron chi connectivity index (χ4n) is 2.76. The number of imidazole rings is 1. The normalized spacial score (nSPS) is 38.4. The maximum atomic E-state index is 11.9. The van der Waals surface area contributed by atoms with Gasteiger partial charge in [0.05, 0.1) is 12.9 Å². The molecule has 0 saturated carbocycles. The van der Waals surface area contributed by atoms with Crippen LogP contribution in [-0.4, -0.2) is 64.4 Å². The zero-order valence-electron chi connectivity index (χ0n) is 14.4. The zero-order chi connectivity index (χ0) is 21.9. The molecule has 2 aliphatic rings. The van der Waals surface area contributed by atoms with Gasteiger partial charge in [0.2, 0.25) is 0 Å². The number of aliphatic hydroxyl groups is 2. The minimum atomic E-state index is -5.13. The number of hydrogen-bond donors (Lipinski definition) is 5. The Bertz CT molecular complexity index is 1110. The van der Waals surface area contributed by atoms with Crippen molar-refractivity contribution in [3.05, 3.63) is 12.7 Å². The van der Waals surface area contributed by atoms with Crippen LogP contribution < -0.4 is 5.73 Å². The van der Waals surface area contributed by atoms with E-state index in [1.807, 2.05) is 0 Å². The molecule has 0 spiro atoms. The van der Waals surface area contributed by atoms with Crippen molar-refractivity contribution in [2.75, 3.05) is 12.3 Å². The van der Waals surface area contributed by atoms with E-state index in [9.17, 15) is 28.8 Å². The standard InChI is InChI=1S/C10H14N5O12P3/c11-8-5-9(13-2-12-8)15(3-14-5)10-7(17)6(16)4(24-10)1-23-28(18,19)25-30(22)26-29(20,21)27-30/h2-4,6-7,10,16-17H,1H2,(H,18,19)(H,20,21)(H2,11,12,13)/t4-,6?,7?,10-/m1/s1. The Labute approximate surface area is 166 Å². The predicted molar refractivity (Wildman–Crippen MR) is 92.1 cm³/mol. The SMILES string of the molecule is Nc1ncnc2c1ncn2[C@@H]1O[C@H](COP(=O)(O)OP2(=O)OP(=O)(O)O2)C(O)C1O. The molecule has 2 aromatic heterocycles. The van der Waals surface area contributed by atoms with E-state index < -0.39 is 54.6 Å². The molecule has 2 aliphatic heterocycles. The van der Waals surface area contributed by atoms with E-state index in [2.05, 4.69) is 32.4 Å². The third-order valence-electron chi connectivity index (χ3n) is 4.01. The highest BCUT2D eigenvalue weighted by Crippen LogP contribution is 2.84. The lowest BCUT2D eigenvalue weighted by Crippen LogP contribution is -2.33. The smallest absolute Gasteiger partial charge is 0.387 e. The summed E-state index contributed by atoms with van der Waals surface area (Å²) in [4.78, 5) is 30.1. The lowest BCUT2D eigenvalue weighted by Gasteiger charge is -2.29. The van der Waals surface area contributed by atoms with Crippen molar-refractivity contribution in [2.24, 2.45) is 0 Å². The number of fused-ring (bicyclic) bond motifs is 1. The molecule has 4 heterocycles. The van der Waals surface area contributed by atoms with Gasteiger partial charge in [0, 0.05) is 0 Å². The van der Waals surface area contributed by atoms with Crippen molar-refractivity contribution >= 4 is 40.4 Å². The van der Waals surface area contributed by atoms with Crippen LogP contribution in [0.1, 0.15) is 6.23 Å². The van der Waals surface area contributed by atoms with Gasteiger partial charge >= 0.3 is 23.5 Å². The molecule has 4 rings (SSSR count). The van der Waals surface area contributed by atoms with Crippen LogP contribution in [0.3, 0.4) is 0 Å². The molecule has 30 heavy (non-hydrogen) atoms. The number of aliphatic hydroxyl groups excluding tert-OH is 2. The number of rotatable bonds is 6. The molecule has 2 saturated heterocycles. The Balaban J connectivity index is 1.43. The molecule has 0 amide bonds. The Morgan fingerprint density at radius 2 is 1.93 bits per heavy atom. The summed E-state index contributed by atoms with van der Waals surface area (Å²) in [6, 6.07) is 0. The van der Waals surface area contributed by atoms with Gasteiger partial charge < -0.3 is 30.5 Å². The van der Waals surface area contributed by atoms with Crippen molar-refractivity contribution < 1.29 is 55.9 Å². The molecule has 2 aromatic rings. The molecule has 17 nitrogen and oxygen atoms in total. The highest BCUT2D eigenvalue weighted by atomic mass is 31.4. The van der Waals surface area contributed by atoms with Gasteiger partial charge in [-0.05, 0) is 0 Å². The molecule has 0 bridgehead atoms. The summed E-state index contributed by atoms with van der Waals surface area (Å²) in [7, 11) is -14.5. The Morgan fingerprint density at radius 1 is 1.23 bits per heavy atom. The summed E-state index contributed by atoms with van der Waals surface area (Å²) in [5, 5.41) is 20.5. The molecule has 20 heteroatoms. The molecule has 2 fully saturated rings. The summed E-state index contributed by atoms with van der Waals surface area (Å²) < 4.78 is 57.6. The minimum absolute atomic E-state index is 0.0766. The van der Waals surface area contributed by atoms with Crippen molar-refractivity contribution in [3.8, 4) is 0 Å². The fraction of sp³-hybridized carbons (Fsp3) is 0.500. The number of anilines is 1. The van der Waals surface area contributed by atoms with Gasteiger partial charge in [-0.15, -0.1) is 0 Å². The largest absolute Gasteiger partial charge is 0.501 e. The second-order valence-corrected chi connectivity index (χ2v) is 11.0. The number of nitrogen functional groups attached to an aromatic ring is 1. The number of hydrogen-bond acceptors (Lipinski definition) is 14. The van der Waals surface area contributed by atoms with E-state index in [1.165, 1.54) is 10.9 Å². The molecule has 5 atom stereocenters. The van der Waals surface area contributed by atoms with Gasteiger partial charge in [0.15, 0.2) is 17.7 Å². The third kappa shape index (κ3) is 4.08. The van der Waals surface area contributed by atoms with Crippen molar-refractivity contribution in [1.29, 1.82) is 0 Å². The summed E-state index contributed by atoms with van der Waals surface area (Å²) in [5.74, 6) is 0.0766. The lowest BCUT2D eigenvalue weighted by molar-refractivity contribution is -0.0504. The third-order valence-corrected chi connectivity index (χ3v) is 9.36. The number of phosphoric acid groups is 3. The number of nitrogens with zero attached hydrogens (tertiary/aromatic N) is 4. The molecular formula is C10H14N5O12P3. The van der Waals surface area contributed by atoms with E-state index in [0.29, 0.717) is 0 Å². The Morgan fingerprint density at radius 3 is 2.60 bits per heavy atom. The van der Waals surface area contributed by atoms with E-state index >= 15 is 0 Å². The summed E-state index contributed by atoms with van der Waals surface area (Å²) in [5.41, 5.74) is 6.11. The maximum Gasteiger partial charge on any atom is 0.501 e. The molecule has 3 unspecified atom stereocenters. The van der Waals surface area contributed by atoms with Gasteiger partial charge in [0.1, 0.15) is 30.2 Å². The average Bonchev–Trinajstić information content (AvgIpc) is 3.14. The van der Waals surface area contributed by atoms with Crippen molar-refractivity contribution in [3.63, 3.8) is 0 Å². The number of nitrogens with two attached hydrogens (primary N) is 1. The van der Waals surface area contributed by atoms with E-state index in [1.54, 1.807) is 0 Å². The highest BCUT2D eigenvalue weighted by molar-refractivity contribution is 7.77. The topological polar surface area (TPSA) is 248 Å². The fourth-order valence-corrected chi connectivity index (χ4v) is 7.14. The Hall–Kier alpha value is -1.32. The van der Waals surface area contributed by atoms with Crippen LogP contribution in [0.5, 0.6) is 0 Å². The van der Waals surface area contributed by atoms with E-state index in [-0.39, 0.29) is 17.0 Å². The molecule has 6 N–H and O–H groups in total. The number of phosphoric ester groups is 1. The monoisotopic (exact) mass is 489 g/mol. The number of aromatic nitrogens is 4. The van der Waals surface area contributed by atoms with Crippen LogP contribution in [-0.2, 0) is 35.9 Å². The molecule has 0 aromatic carbocycles. The van der Waals surface area contributed by atoms with E-state index in [4.69, 9.17) is 15.4 Å².